The van der Waals surface area contributed by atoms with Gasteiger partial charge < -0.3 is 15.0 Å². The fourth-order valence-corrected chi connectivity index (χ4v) is 4.65. The standard InChI is InChI=1S/C27H39N3O5S/c1-20(2)18-28-27(32)22(4)29(19-23-14-12-21(3)13-15-23)26(31)11-8-16-30(36(6,33)34)24-9-7-10-25(17-24)35-5/h7,9-10,12-15,17,20,22H,8,11,16,18-19H2,1-6H3,(H,28,32)/t22-/m1/s1. The number of amides is 2. The third-order valence-electron chi connectivity index (χ3n) is 5.82. The molecule has 0 radical (unpaired) electrons. The van der Waals surface area contributed by atoms with Gasteiger partial charge in [0.05, 0.1) is 19.1 Å². The maximum Gasteiger partial charge on any atom is 0.242 e. The Bertz CT molecular complexity index is 1120. The van der Waals surface area contributed by atoms with Crippen molar-refractivity contribution in [2.45, 2.75) is 53.1 Å². The van der Waals surface area contributed by atoms with E-state index in [4.69, 9.17) is 4.74 Å². The maximum atomic E-state index is 13.3. The highest BCUT2D eigenvalue weighted by Gasteiger charge is 2.26. The van der Waals surface area contributed by atoms with E-state index in [-0.39, 0.29) is 24.8 Å². The zero-order valence-electron chi connectivity index (χ0n) is 22.2. The van der Waals surface area contributed by atoms with Crippen LogP contribution in [-0.2, 0) is 26.2 Å². The van der Waals surface area contributed by atoms with E-state index in [1.54, 1.807) is 36.1 Å². The molecule has 0 saturated heterocycles. The average Bonchev–Trinajstić information content (AvgIpc) is 2.83. The second-order valence-corrected chi connectivity index (χ2v) is 11.4. The number of rotatable bonds is 13. The summed E-state index contributed by atoms with van der Waals surface area (Å²) < 4.78 is 31.4. The number of carbonyl (C=O) groups is 2. The molecule has 2 amide bonds. The molecule has 0 fully saturated rings. The third kappa shape index (κ3) is 8.86. The number of anilines is 1. The predicted octanol–water partition coefficient (Wildman–Crippen LogP) is 3.74. The van der Waals surface area contributed by atoms with Crippen LogP contribution in [0.15, 0.2) is 48.5 Å². The molecule has 2 aromatic carbocycles. The van der Waals surface area contributed by atoms with Crippen LogP contribution in [0.25, 0.3) is 0 Å². The molecular weight excluding hydrogens is 478 g/mol. The summed E-state index contributed by atoms with van der Waals surface area (Å²) in [7, 11) is -2.05. The Hall–Kier alpha value is -3.07. The summed E-state index contributed by atoms with van der Waals surface area (Å²) in [5, 5.41) is 2.91. The van der Waals surface area contributed by atoms with Crippen molar-refractivity contribution in [2.24, 2.45) is 5.92 Å². The first-order valence-corrected chi connectivity index (χ1v) is 14.0. The molecule has 9 heteroatoms. The van der Waals surface area contributed by atoms with Gasteiger partial charge in [-0.2, -0.15) is 0 Å². The molecule has 0 spiro atoms. The topological polar surface area (TPSA) is 96.0 Å². The zero-order chi connectivity index (χ0) is 26.9. The van der Waals surface area contributed by atoms with E-state index in [2.05, 4.69) is 5.32 Å². The van der Waals surface area contributed by atoms with Crippen molar-refractivity contribution in [3.63, 3.8) is 0 Å². The highest BCUT2D eigenvalue weighted by Crippen LogP contribution is 2.24. The quantitative estimate of drug-likeness (QED) is 0.437. The van der Waals surface area contributed by atoms with Crippen LogP contribution < -0.4 is 14.4 Å². The number of sulfonamides is 1. The summed E-state index contributed by atoms with van der Waals surface area (Å²) >= 11 is 0. The minimum Gasteiger partial charge on any atom is -0.497 e. The van der Waals surface area contributed by atoms with Crippen molar-refractivity contribution >= 4 is 27.5 Å². The number of methoxy groups -OCH3 is 1. The first-order valence-electron chi connectivity index (χ1n) is 12.2. The molecule has 0 saturated carbocycles. The van der Waals surface area contributed by atoms with Crippen molar-refractivity contribution in [1.29, 1.82) is 0 Å². The van der Waals surface area contributed by atoms with Gasteiger partial charge in [0.25, 0.3) is 0 Å². The van der Waals surface area contributed by atoms with E-state index in [0.717, 1.165) is 17.4 Å². The van der Waals surface area contributed by atoms with Gasteiger partial charge >= 0.3 is 0 Å². The van der Waals surface area contributed by atoms with Gasteiger partial charge in [0, 0.05) is 32.1 Å². The number of benzene rings is 2. The minimum atomic E-state index is -3.57. The lowest BCUT2D eigenvalue weighted by Crippen LogP contribution is -2.48. The van der Waals surface area contributed by atoms with E-state index in [1.165, 1.54) is 11.4 Å². The number of aryl methyl sites for hydroxylation is 1. The molecule has 2 aromatic rings. The molecule has 0 aliphatic heterocycles. The number of nitrogens with one attached hydrogen (secondary N) is 1. The van der Waals surface area contributed by atoms with Gasteiger partial charge in [-0.05, 0) is 43.9 Å². The van der Waals surface area contributed by atoms with Crippen LogP contribution in [0.2, 0.25) is 0 Å². The number of ether oxygens (including phenoxy) is 1. The molecule has 8 nitrogen and oxygen atoms in total. The van der Waals surface area contributed by atoms with Crippen molar-refractivity contribution in [3.8, 4) is 5.75 Å². The molecule has 0 unspecified atom stereocenters. The van der Waals surface area contributed by atoms with Crippen LogP contribution >= 0.6 is 0 Å². The minimum absolute atomic E-state index is 0.101. The van der Waals surface area contributed by atoms with Crippen LogP contribution in [0, 0.1) is 12.8 Å². The van der Waals surface area contributed by atoms with Crippen molar-refractivity contribution in [3.05, 3.63) is 59.7 Å². The van der Waals surface area contributed by atoms with Crippen molar-refractivity contribution in [1.82, 2.24) is 10.2 Å². The molecular formula is C27H39N3O5S. The molecule has 0 heterocycles. The monoisotopic (exact) mass is 517 g/mol. The summed E-state index contributed by atoms with van der Waals surface area (Å²) in [6.07, 6.45) is 1.54. The molecule has 0 bridgehead atoms. The summed E-state index contributed by atoms with van der Waals surface area (Å²) in [5.74, 6) is 0.420. The largest absolute Gasteiger partial charge is 0.497 e. The van der Waals surface area contributed by atoms with Crippen LogP contribution in [-0.4, -0.2) is 57.6 Å². The molecule has 36 heavy (non-hydrogen) atoms. The third-order valence-corrected chi connectivity index (χ3v) is 7.01. The Labute approximate surface area is 215 Å². The number of hydrogen-bond acceptors (Lipinski definition) is 5. The maximum absolute atomic E-state index is 13.3. The molecule has 0 aliphatic rings. The Morgan fingerprint density at radius 3 is 2.31 bits per heavy atom. The van der Waals surface area contributed by atoms with Gasteiger partial charge in [-0.3, -0.25) is 13.9 Å². The zero-order valence-corrected chi connectivity index (χ0v) is 23.0. The lowest BCUT2D eigenvalue weighted by atomic mass is 10.1. The van der Waals surface area contributed by atoms with Crippen LogP contribution in [0.3, 0.4) is 0 Å². The molecule has 0 aliphatic carbocycles. The average molecular weight is 518 g/mol. The number of carbonyl (C=O) groups excluding carboxylic acids is 2. The predicted molar refractivity (Wildman–Crippen MR) is 143 cm³/mol. The Morgan fingerprint density at radius 1 is 1.06 bits per heavy atom. The van der Waals surface area contributed by atoms with E-state index in [9.17, 15) is 18.0 Å². The van der Waals surface area contributed by atoms with Gasteiger partial charge in [0.2, 0.25) is 21.8 Å². The Balaban J connectivity index is 2.16. The van der Waals surface area contributed by atoms with Gasteiger partial charge in [0.15, 0.2) is 0 Å². The molecule has 1 N–H and O–H groups in total. The summed E-state index contributed by atoms with van der Waals surface area (Å²) in [4.78, 5) is 27.7. The van der Waals surface area contributed by atoms with Gasteiger partial charge in [0.1, 0.15) is 11.8 Å². The lowest BCUT2D eigenvalue weighted by molar-refractivity contribution is -0.140. The van der Waals surface area contributed by atoms with E-state index in [0.29, 0.717) is 36.9 Å². The molecule has 0 aromatic heterocycles. The highest BCUT2D eigenvalue weighted by atomic mass is 32.2. The number of hydrogen-bond donors (Lipinski definition) is 1. The first kappa shape index (κ1) is 29.2. The van der Waals surface area contributed by atoms with Gasteiger partial charge in [-0.1, -0.05) is 49.7 Å². The summed E-state index contributed by atoms with van der Waals surface area (Å²) in [6, 6.07) is 14.0. The van der Waals surface area contributed by atoms with E-state index in [1.807, 2.05) is 45.0 Å². The van der Waals surface area contributed by atoms with Crippen molar-refractivity contribution < 1.29 is 22.7 Å². The van der Waals surface area contributed by atoms with Crippen LogP contribution in [0.1, 0.15) is 44.7 Å². The fraction of sp³-hybridized carbons (Fsp3) is 0.481. The second kappa shape index (κ2) is 13.3. The first-order chi connectivity index (χ1) is 16.9. The molecule has 1 atom stereocenters. The highest BCUT2D eigenvalue weighted by molar-refractivity contribution is 7.92. The van der Waals surface area contributed by atoms with E-state index >= 15 is 0 Å². The fourth-order valence-electron chi connectivity index (χ4n) is 3.69. The van der Waals surface area contributed by atoms with Crippen molar-refractivity contribution in [2.75, 3.05) is 30.8 Å². The van der Waals surface area contributed by atoms with Crippen LogP contribution in [0.4, 0.5) is 5.69 Å². The second-order valence-electron chi connectivity index (χ2n) is 9.46. The Morgan fingerprint density at radius 2 is 1.72 bits per heavy atom. The van der Waals surface area contributed by atoms with Gasteiger partial charge in [-0.25, -0.2) is 8.42 Å². The Kier molecular flexibility index (Phi) is 10.8. The number of nitrogens with zero attached hydrogens (tertiary/aromatic N) is 2. The normalized spacial score (nSPS) is 12.2. The van der Waals surface area contributed by atoms with E-state index < -0.39 is 16.1 Å². The molecule has 2 rings (SSSR count). The summed E-state index contributed by atoms with van der Waals surface area (Å²) in [5.41, 5.74) is 2.51. The SMILES string of the molecule is COc1cccc(N(CCCC(=O)N(Cc2ccc(C)cc2)[C@H](C)C(=O)NCC(C)C)S(C)(=O)=O)c1. The van der Waals surface area contributed by atoms with Crippen LogP contribution in [0.5, 0.6) is 5.75 Å². The lowest BCUT2D eigenvalue weighted by Gasteiger charge is -2.29. The summed E-state index contributed by atoms with van der Waals surface area (Å²) in [6.45, 7) is 8.68. The smallest absolute Gasteiger partial charge is 0.242 e. The molecule has 198 valence electrons. The van der Waals surface area contributed by atoms with Gasteiger partial charge in [-0.15, -0.1) is 0 Å².